The van der Waals surface area contributed by atoms with Crippen molar-refractivity contribution in [3.63, 3.8) is 0 Å². The van der Waals surface area contributed by atoms with E-state index in [1.165, 1.54) is 23.5 Å². The maximum Gasteiger partial charge on any atom is 0.321 e. The molecule has 0 spiro atoms. The van der Waals surface area contributed by atoms with E-state index in [2.05, 4.69) is 0 Å². The molecule has 0 radical (unpaired) electrons. The second kappa shape index (κ2) is 9.20. The van der Waals surface area contributed by atoms with Crippen molar-refractivity contribution in [1.82, 2.24) is 0 Å². The van der Waals surface area contributed by atoms with Gasteiger partial charge in [0, 0.05) is 28.7 Å². The predicted octanol–water partition coefficient (Wildman–Crippen LogP) is -0.704. The highest BCUT2D eigenvalue weighted by Gasteiger charge is 2.13. The standard InChI is InChI=1S/C9H17N3O4S2/c10-5(1-17-3-6(11)8(13)14)2-18-4-7(12)9(15)16/h6-7,10H,1-4,11-12H2,(H,13,14)(H,15,16)/t6-,7-/m0/s1. The van der Waals surface area contributed by atoms with E-state index < -0.39 is 24.0 Å². The molecule has 18 heavy (non-hydrogen) atoms. The molecule has 0 aromatic carbocycles. The zero-order valence-corrected chi connectivity index (χ0v) is 11.3. The third-order valence-electron chi connectivity index (χ3n) is 1.78. The van der Waals surface area contributed by atoms with E-state index in [1.807, 2.05) is 0 Å². The molecule has 104 valence electrons. The molecule has 0 amide bonds. The van der Waals surface area contributed by atoms with Crippen LogP contribution >= 0.6 is 23.5 Å². The number of thioether (sulfide) groups is 2. The Bertz CT molecular complexity index is 286. The maximum atomic E-state index is 10.4. The van der Waals surface area contributed by atoms with Crippen LogP contribution in [0, 0.1) is 5.41 Å². The number of carboxylic acids is 2. The highest BCUT2D eigenvalue weighted by atomic mass is 32.2. The number of carboxylic acid groups (broad SMARTS) is 2. The first-order valence-corrected chi connectivity index (χ1v) is 7.34. The van der Waals surface area contributed by atoms with Crippen molar-refractivity contribution in [3.05, 3.63) is 0 Å². The van der Waals surface area contributed by atoms with Gasteiger partial charge in [0.05, 0.1) is 0 Å². The van der Waals surface area contributed by atoms with Crippen LogP contribution in [0.15, 0.2) is 0 Å². The van der Waals surface area contributed by atoms with E-state index in [-0.39, 0.29) is 11.5 Å². The molecule has 0 fully saturated rings. The van der Waals surface area contributed by atoms with Crippen LogP contribution < -0.4 is 11.5 Å². The minimum atomic E-state index is -1.06. The summed E-state index contributed by atoms with van der Waals surface area (Å²) in [6, 6.07) is -1.84. The van der Waals surface area contributed by atoms with Crippen LogP contribution in [-0.2, 0) is 9.59 Å². The molecule has 2 atom stereocenters. The summed E-state index contributed by atoms with van der Waals surface area (Å²) in [6.07, 6.45) is 0. The lowest BCUT2D eigenvalue weighted by molar-refractivity contribution is -0.138. The van der Waals surface area contributed by atoms with Gasteiger partial charge in [0.25, 0.3) is 0 Å². The molecule has 0 aliphatic rings. The largest absolute Gasteiger partial charge is 0.480 e. The summed E-state index contributed by atoms with van der Waals surface area (Å²) < 4.78 is 0. The Kier molecular flexibility index (Phi) is 8.81. The van der Waals surface area contributed by atoms with Crippen molar-refractivity contribution in [2.24, 2.45) is 11.5 Å². The second-order valence-electron chi connectivity index (χ2n) is 3.52. The molecule has 7 nitrogen and oxygen atoms in total. The monoisotopic (exact) mass is 295 g/mol. The maximum absolute atomic E-state index is 10.4. The first kappa shape index (κ1) is 17.2. The smallest absolute Gasteiger partial charge is 0.321 e. The fourth-order valence-corrected chi connectivity index (χ4v) is 2.66. The molecule has 0 aromatic heterocycles. The van der Waals surface area contributed by atoms with E-state index in [0.717, 1.165) is 0 Å². The van der Waals surface area contributed by atoms with Crippen molar-refractivity contribution in [3.8, 4) is 0 Å². The van der Waals surface area contributed by atoms with Crippen LogP contribution in [0.4, 0.5) is 0 Å². The molecule has 0 aromatic rings. The fourth-order valence-electron chi connectivity index (χ4n) is 0.802. The normalized spacial score (nSPS) is 13.9. The summed E-state index contributed by atoms with van der Waals surface area (Å²) in [7, 11) is 0. The fraction of sp³-hybridized carbons (Fsp3) is 0.667. The molecule has 7 N–H and O–H groups in total. The number of hydrogen-bond donors (Lipinski definition) is 5. The van der Waals surface area contributed by atoms with Crippen molar-refractivity contribution < 1.29 is 19.8 Å². The van der Waals surface area contributed by atoms with Gasteiger partial charge in [-0.2, -0.15) is 23.5 Å². The molecule has 0 unspecified atom stereocenters. The van der Waals surface area contributed by atoms with Crippen LogP contribution in [0.2, 0.25) is 0 Å². The Morgan fingerprint density at radius 1 is 1.00 bits per heavy atom. The topological polar surface area (TPSA) is 150 Å². The number of carbonyl (C=O) groups is 2. The Balaban J connectivity index is 3.61. The van der Waals surface area contributed by atoms with E-state index in [9.17, 15) is 9.59 Å². The molecule has 0 bridgehead atoms. The molecule has 0 aliphatic carbocycles. The predicted molar refractivity (Wildman–Crippen MR) is 73.6 cm³/mol. The molecule has 0 aliphatic heterocycles. The van der Waals surface area contributed by atoms with Gasteiger partial charge in [0.15, 0.2) is 0 Å². The summed E-state index contributed by atoms with van der Waals surface area (Å²) in [5.74, 6) is -0.854. The third kappa shape index (κ3) is 8.34. The molecule has 0 saturated heterocycles. The number of nitrogens with one attached hydrogen (secondary N) is 1. The van der Waals surface area contributed by atoms with E-state index in [1.54, 1.807) is 0 Å². The minimum absolute atomic E-state index is 0.247. The highest BCUT2D eigenvalue weighted by molar-refractivity contribution is 8.01. The average Bonchev–Trinajstić information content (AvgIpc) is 2.28. The van der Waals surface area contributed by atoms with Crippen LogP contribution in [0.3, 0.4) is 0 Å². The van der Waals surface area contributed by atoms with Gasteiger partial charge in [-0.15, -0.1) is 0 Å². The molecular formula is C9H17N3O4S2. The first-order chi connectivity index (χ1) is 8.34. The summed E-state index contributed by atoms with van der Waals surface area (Å²) in [4.78, 5) is 20.8. The Morgan fingerprint density at radius 3 is 1.61 bits per heavy atom. The van der Waals surface area contributed by atoms with Crippen LogP contribution in [0.5, 0.6) is 0 Å². The van der Waals surface area contributed by atoms with Gasteiger partial charge in [0.2, 0.25) is 0 Å². The molecule has 0 rings (SSSR count). The number of hydrogen-bond acceptors (Lipinski definition) is 7. The van der Waals surface area contributed by atoms with E-state index in [4.69, 9.17) is 27.1 Å². The van der Waals surface area contributed by atoms with Crippen molar-refractivity contribution >= 4 is 41.2 Å². The van der Waals surface area contributed by atoms with Gasteiger partial charge in [0.1, 0.15) is 12.1 Å². The van der Waals surface area contributed by atoms with Crippen LogP contribution in [0.1, 0.15) is 0 Å². The number of nitrogens with two attached hydrogens (primary N) is 2. The average molecular weight is 295 g/mol. The first-order valence-electron chi connectivity index (χ1n) is 5.03. The molecular weight excluding hydrogens is 278 g/mol. The summed E-state index contributed by atoms with van der Waals surface area (Å²) >= 11 is 2.54. The summed E-state index contributed by atoms with van der Waals surface area (Å²) in [6.45, 7) is 0. The second-order valence-corrected chi connectivity index (χ2v) is 5.58. The zero-order valence-electron chi connectivity index (χ0n) is 9.67. The molecule has 0 heterocycles. The summed E-state index contributed by atoms with van der Waals surface area (Å²) in [5.41, 5.74) is 11.0. The van der Waals surface area contributed by atoms with Crippen molar-refractivity contribution in [2.45, 2.75) is 12.1 Å². The minimum Gasteiger partial charge on any atom is -0.480 e. The quantitative estimate of drug-likeness (QED) is 0.332. The van der Waals surface area contributed by atoms with Gasteiger partial charge >= 0.3 is 11.9 Å². The van der Waals surface area contributed by atoms with Crippen molar-refractivity contribution in [2.75, 3.05) is 23.0 Å². The van der Waals surface area contributed by atoms with Gasteiger partial charge in [-0.3, -0.25) is 9.59 Å². The Morgan fingerprint density at radius 2 is 1.33 bits per heavy atom. The molecule has 0 saturated carbocycles. The SMILES string of the molecule is N=C(CSC[C@H](N)C(=O)O)CSC[C@H](N)C(=O)O. The number of rotatable bonds is 10. The number of aliphatic carboxylic acids is 2. The van der Waals surface area contributed by atoms with E-state index in [0.29, 0.717) is 17.2 Å². The van der Waals surface area contributed by atoms with Crippen LogP contribution in [0.25, 0.3) is 0 Å². The van der Waals surface area contributed by atoms with E-state index >= 15 is 0 Å². The lowest BCUT2D eigenvalue weighted by atomic mass is 10.4. The van der Waals surface area contributed by atoms with Gasteiger partial charge in [-0.25, -0.2) is 0 Å². The Hall–Kier alpha value is -0.770. The van der Waals surface area contributed by atoms with Crippen molar-refractivity contribution in [1.29, 1.82) is 5.41 Å². The molecule has 9 heteroatoms. The van der Waals surface area contributed by atoms with Crippen LogP contribution in [-0.4, -0.2) is 63.0 Å². The highest BCUT2D eigenvalue weighted by Crippen LogP contribution is 2.07. The van der Waals surface area contributed by atoms with Gasteiger partial charge in [-0.05, 0) is 0 Å². The van der Waals surface area contributed by atoms with Gasteiger partial charge < -0.3 is 27.1 Å². The zero-order chi connectivity index (χ0) is 14.1. The lowest BCUT2D eigenvalue weighted by Gasteiger charge is -2.08. The lowest BCUT2D eigenvalue weighted by Crippen LogP contribution is -2.33. The summed E-state index contributed by atoms with van der Waals surface area (Å²) in [5, 5.41) is 24.6. The Labute approximate surface area is 113 Å². The van der Waals surface area contributed by atoms with Gasteiger partial charge in [-0.1, -0.05) is 0 Å². The third-order valence-corrected chi connectivity index (χ3v) is 4.08.